The molecule has 0 bridgehead atoms. The number of carbonyl (C=O) groups excluding carboxylic acids is 1. The average molecular weight is 284 g/mol. The molecule has 3 rings (SSSR count). The van der Waals surface area contributed by atoms with E-state index < -0.39 is 5.82 Å². The number of nitrogens with two attached hydrogens (primary N) is 1. The number of anilines is 2. The number of benzene rings is 2. The Bertz CT molecular complexity index is 712. The summed E-state index contributed by atoms with van der Waals surface area (Å²) < 4.78 is 13.2. The summed E-state index contributed by atoms with van der Waals surface area (Å²) >= 11 is 0. The second kappa shape index (κ2) is 5.20. The van der Waals surface area contributed by atoms with Crippen molar-refractivity contribution < 1.29 is 9.18 Å². The highest BCUT2D eigenvalue weighted by molar-refractivity contribution is 6.10. The molecule has 21 heavy (non-hydrogen) atoms. The van der Waals surface area contributed by atoms with Crippen LogP contribution in [-0.4, -0.2) is 12.5 Å². The topological polar surface area (TPSA) is 46.3 Å². The Morgan fingerprint density at radius 3 is 2.86 bits per heavy atom. The molecular weight excluding hydrogens is 267 g/mol. The van der Waals surface area contributed by atoms with E-state index in [0.29, 0.717) is 12.1 Å². The lowest BCUT2D eigenvalue weighted by molar-refractivity contribution is 0.0985. The number of amides is 1. The quantitative estimate of drug-likeness (QED) is 0.817. The van der Waals surface area contributed by atoms with E-state index >= 15 is 0 Å². The van der Waals surface area contributed by atoms with Crippen LogP contribution < -0.4 is 10.6 Å². The molecule has 1 aliphatic heterocycles. The van der Waals surface area contributed by atoms with Gasteiger partial charge in [-0.1, -0.05) is 18.2 Å². The van der Waals surface area contributed by atoms with Gasteiger partial charge in [-0.3, -0.25) is 4.79 Å². The minimum atomic E-state index is -0.431. The van der Waals surface area contributed by atoms with Crippen LogP contribution in [-0.2, 0) is 6.42 Å². The smallest absolute Gasteiger partial charge is 0.260 e. The molecule has 0 unspecified atom stereocenters. The van der Waals surface area contributed by atoms with Gasteiger partial charge in [0.1, 0.15) is 5.82 Å². The van der Waals surface area contributed by atoms with E-state index in [1.165, 1.54) is 23.8 Å². The molecule has 0 atom stereocenters. The first-order chi connectivity index (χ1) is 10.1. The van der Waals surface area contributed by atoms with Crippen LogP contribution in [0, 0.1) is 12.7 Å². The molecule has 0 saturated heterocycles. The third-order valence-electron chi connectivity index (χ3n) is 3.91. The zero-order valence-electron chi connectivity index (χ0n) is 11.9. The molecule has 0 saturated carbocycles. The fourth-order valence-corrected chi connectivity index (χ4v) is 2.92. The van der Waals surface area contributed by atoms with Gasteiger partial charge >= 0.3 is 0 Å². The van der Waals surface area contributed by atoms with Crippen molar-refractivity contribution in [2.45, 2.75) is 19.8 Å². The number of rotatable bonds is 1. The number of carbonyl (C=O) groups is 1. The van der Waals surface area contributed by atoms with Gasteiger partial charge in [0.25, 0.3) is 5.91 Å². The first kappa shape index (κ1) is 13.6. The fraction of sp³-hybridized carbons (Fsp3) is 0.235. The van der Waals surface area contributed by atoms with Crippen molar-refractivity contribution in [2.24, 2.45) is 0 Å². The van der Waals surface area contributed by atoms with Crippen molar-refractivity contribution in [3.8, 4) is 0 Å². The number of halogens is 1. The summed E-state index contributed by atoms with van der Waals surface area (Å²) in [6.45, 7) is 2.66. The maximum Gasteiger partial charge on any atom is 0.260 e. The molecule has 1 amide bonds. The highest BCUT2D eigenvalue weighted by Gasteiger charge is 2.26. The number of hydrogen-bond acceptors (Lipinski definition) is 2. The summed E-state index contributed by atoms with van der Waals surface area (Å²) in [5.41, 5.74) is 9.55. The Morgan fingerprint density at radius 2 is 2.10 bits per heavy atom. The first-order valence-electron chi connectivity index (χ1n) is 7.03. The SMILES string of the molecule is Cc1cccc2c1N(C(=O)c1ccc(F)cc1N)CCC2. The maximum atomic E-state index is 13.2. The van der Waals surface area contributed by atoms with Crippen molar-refractivity contribution in [1.82, 2.24) is 0 Å². The van der Waals surface area contributed by atoms with Crippen molar-refractivity contribution in [1.29, 1.82) is 0 Å². The maximum absolute atomic E-state index is 13.2. The number of para-hydroxylation sites is 1. The monoisotopic (exact) mass is 284 g/mol. The molecule has 2 aromatic rings. The molecule has 0 aromatic heterocycles. The molecular formula is C17H17FN2O. The van der Waals surface area contributed by atoms with Gasteiger partial charge < -0.3 is 10.6 Å². The van der Waals surface area contributed by atoms with E-state index in [9.17, 15) is 9.18 Å². The van der Waals surface area contributed by atoms with Crippen molar-refractivity contribution >= 4 is 17.3 Å². The third kappa shape index (κ3) is 2.37. The van der Waals surface area contributed by atoms with Gasteiger partial charge in [0.2, 0.25) is 0 Å². The number of nitrogen functional groups attached to an aromatic ring is 1. The molecule has 0 spiro atoms. The lowest BCUT2D eigenvalue weighted by Crippen LogP contribution is -2.36. The highest BCUT2D eigenvalue weighted by atomic mass is 19.1. The molecule has 4 heteroatoms. The highest BCUT2D eigenvalue weighted by Crippen LogP contribution is 2.32. The van der Waals surface area contributed by atoms with Gasteiger partial charge in [0.05, 0.1) is 11.3 Å². The van der Waals surface area contributed by atoms with Gasteiger partial charge in [-0.15, -0.1) is 0 Å². The predicted octanol–water partition coefficient (Wildman–Crippen LogP) is 3.31. The largest absolute Gasteiger partial charge is 0.398 e. The summed E-state index contributed by atoms with van der Waals surface area (Å²) in [6, 6.07) is 9.98. The van der Waals surface area contributed by atoms with E-state index in [0.717, 1.165) is 24.1 Å². The number of hydrogen-bond donors (Lipinski definition) is 1. The number of aryl methyl sites for hydroxylation is 2. The van der Waals surface area contributed by atoms with Crippen molar-refractivity contribution in [3.05, 3.63) is 58.9 Å². The number of fused-ring (bicyclic) bond motifs is 1. The van der Waals surface area contributed by atoms with Crippen LogP contribution in [0.1, 0.15) is 27.9 Å². The standard InChI is InChI=1S/C17H17FN2O/c1-11-4-2-5-12-6-3-9-20(16(11)12)17(21)14-8-7-13(18)10-15(14)19/h2,4-5,7-8,10H,3,6,9,19H2,1H3. The Balaban J connectivity index is 2.04. The fourth-order valence-electron chi connectivity index (χ4n) is 2.92. The second-order valence-corrected chi connectivity index (χ2v) is 5.37. The molecule has 2 aromatic carbocycles. The summed E-state index contributed by atoms with van der Waals surface area (Å²) in [5, 5.41) is 0. The van der Waals surface area contributed by atoms with E-state index in [4.69, 9.17) is 5.73 Å². The van der Waals surface area contributed by atoms with E-state index in [1.807, 2.05) is 19.1 Å². The summed E-state index contributed by atoms with van der Waals surface area (Å²) in [4.78, 5) is 14.5. The molecule has 3 nitrogen and oxygen atoms in total. The Labute approximate surface area is 123 Å². The minimum Gasteiger partial charge on any atom is -0.398 e. The second-order valence-electron chi connectivity index (χ2n) is 5.37. The van der Waals surface area contributed by atoms with Crippen LogP contribution in [0.3, 0.4) is 0 Å². The van der Waals surface area contributed by atoms with E-state index in [2.05, 4.69) is 6.07 Å². The van der Waals surface area contributed by atoms with Crippen LogP contribution >= 0.6 is 0 Å². The molecule has 0 fully saturated rings. The molecule has 0 aliphatic carbocycles. The van der Waals surface area contributed by atoms with Crippen LogP contribution in [0.5, 0.6) is 0 Å². The van der Waals surface area contributed by atoms with Gasteiger partial charge in [-0.25, -0.2) is 4.39 Å². The molecule has 2 N–H and O–H groups in total. The summed E-state index contributed by atoms with van der Waals surface area (Å²) in [5.74, 6) is -0.595. The Kier molecular flexibility index (Phi) is 3.37. The third-order valence-corrected chi connectivity index (χ3v) is 3.91. The first-order valence-corrected chi connectivity index (χ1v) is 7.03. The van der Waals surface area contributed by atoms with Gasteiger partial charge in [-0.2, -0.15) is 0 Å². The van der Waals surface area contributed by atoms with E-state index in [1.54, 1.807) is 4.90 Å². The minimum absolute atomic E-state index is 0.164. The zero-order chi connectivity index (χ0) is 15.0. The van der Waals surface area contributed by atoms with Gasteiger partial charge in [0.15, 0.2) is 0 Å². The van der Waals surface area contributed by atoms with Crippen LogP contribution in [0.4, 0.5) is 15.8 Å². The normalized spacial score (nSPS) is 13.9. The van der Waals surface area contributed by atoms with Gasteiger partial charge in [0, 0.05) is 12.2 Å². The van der Waals surface area contributed by atoms with Crippen LogP contribution in [0.25, 0.3) is 0 Å². The van der Waals surface area contributed by atoms with Crippen molar-refractivity contribution in [3.63, 3.8) is 0 Å². The Hall–Kier alpha value is -2.36. The predicted molar refractivity (Wildman–Crippen MR) is 82.0 cm³/mol. The number of nitrogens with zero attached hydrogens (tertiary/aromatic N) is 1. The van der Waals surface area contributed by atoms with Crippen LogP contribution in [0.15, 0.2) is 36.4 Å². The summed E-state index contributed by atoms with van der Waals surface area (Å²) in [7, 11) is 0. The molecule has 1 aliphatic rings. The molecule has 108 valence electrons. The van der Waals surface area contributed by atoms with E-state index in [-0.39, 0.29) is 11.6 Å². The lowest BCUT2D eigenvalue weighted by atomic mass is 9.97. The molecule has 0 radical (unpaired) electrons. The Morgan fingerprint density at radius 1 is 1.29 bits per heavy atom. The van der Waals surface area contributed by atoms with Crippen molar-refractivity contribution in [2.75, 3.05) is 17.2 Å². The molecule has 1 heterocycles. The lowest BCUT2D eigenvalue weighted by Gasteiger charge is -2.31. The zero-order valence-corrected chi connectivity index (χ0v) is 11.9. The summed E-state index contributed by atoms with van der Waals surface area (Å²) in [6.07, 6.45) is 1.89. The average Bonchev–Trinajstić information content (AvgIpc) is 2.46. The van der Waals surface area contributed by atoms with Gasteiger partial charge in [-0.05, 0) is 49.1 Å². The van der Waals surface area contributed by atoms with Crippen LogP contribution in [0.2, 0.25) is 0 Å².